The third-order valence-electron chi connectivity index (χ3n) is 1.66. The number of rotatable bonds is 4. The Kier molecular flexibility index (Phi) is 3.10. The number of anilines is 1. The minimum absolute atomic E-state index is 0.713. The fourth-order valence-corrected chi connectivity index (χ4v) is 1.11. The number of nitrogens with zero attached hydrogens (tertiary/aromatic N) is 2. The lowest BCUT2D eigenvalue weighted by atomic mass is 10.5. The molecule has 1 rings (SSSR count). The van der Waals surface area contributed by atoms with Crippen molar-refractivity contribution in [2.75, 3.05) is 26.1 Å². The zero-order valence-corrected chi connectivity index (χ0v) is 7.79. The van der Waals surface area contributed by atoms with Crippen molar-refractivity contribution in [3.63, 3.8) is 0 Å². The number of hydrogen-bond donors (Lipinski definition) is 1. The van der Waals surface area contributed by atoms with Crippen LogP contribution in [0.2, 0.25) is 0 Å². The number of nitrogens with one attached hydrogen (secondary N) is 1. The van der Waals surface area contributed by atoms with Gasteiger partial charge in [0.1, 0.15) is 0 Å². The fraction of sp³-hybridized carbons (Fsp3) is 0.625. The molecule has 0 saturated carbocycles. The smallest absolute Gasteiger partial charge is 0.202 e. The van der Waals surface area contributed by atoms with Crippen LogP contribution < -0.4 is 5.32 Å². The Labute approximate surface area is 72.6 Å². The van der Waals surface area contributed by atoms with Crippen LogP contribution in [0.25, 0.3) is 0 Å². The molecule has 1 aromatic heterocycles. The van der Waals surface area contributed by atoms with Crippen LogP contribution in [0.5, 0.6) is 0 Å². The van der Waals surface area contributed by atoms with E-state index in [1.54, 1.807) is 7.11 Å². The molecule has 4 nitrogen and oxygen atoms in total. The highest BCUT2D eigenvalue weighted by molar-refractivity contribution is 5.27. The Balaban J connectivity index is 2.68. The Morgan fingerprint density at radius 2 is 2.42 bits per heavy atom. The van der Waals surface area contributed by atoms with Crippen LogP contribution in [0.4, 0.5) is 5.95 Å². The molecule has 12 heavy (non-hydrogen) atoms. The van der Waals surface area contributed by atoms with Gasteiger partial charge in [-0.2, -0.15) is 0 Å². The van der Waals surface area contributed by atoms with Crippen molar-refractivity contribution in [3.05, 3.63) is 11.9 Å². The fourth-order valence-electron chi connectivity index (χ4n) is 1.11. The van der Waals surface area contributed by atoms with Crippen LogP contribution in [0.15, 0.2) is 6.20 Å². The van der Waals surface area contributed by atoms with Gasteiger partial charge in [-0.3, -0.25) is 0 Å². The van der Waals surface area contributed by atoms with Gasteiger partial charge in [-0.15, -0.1) is 0 Å². The SMILES string of the molecule is CNc1nc(C)cn1CCOC. The van der Waals surface area contributed by atoms with Gasteiger partial charge < -0.3 is 14.6 Å². The first-order valence-corrected chi connectivity index (χ1v) is 3.98. The molecule has 0 radical (unpaired) electrons. The lowest BCUT2D eigenvalue weighted by Crippen LogP contribution is -2.06. The first-order valence-electron chi connectivity index (χ1n) is 3.98. The van der Waals surface area contributed by atoms with Crippen LogP contribution in [0.3, 0.4) is 0 Å². The zero-order valence-electron chi connectivity index (χ0n) is 7.79. The Hall–Kier alpha value is -1.03. The normalized spacial score (nSPS) is 10.2. The van der Waals surface area contributed by atoms with Crippen LogP contribution in [-0.2, 0) is 11.3 Å². The summed E-state index contributed by atoms with van der Waals surface area (Å²) in [4.78, 5) is 4.28. The summed E-state index contributed by atoms with van der Waals surface area (Å²) in [7, 11) is 3.56. The highest BCUT2D eigenvalue weighted by Gasteiger charge is 2.01. The van der Waals surface area contributed by atoms with Gasteiger partial charge in [0.15, 0.2) is 0 Å². The molecule has 0 aromatic carbocycles. The molecule has 0 aliphatic carbocycles. The third-order valence-corrected chi connectivity index (χ3v) is 1.66. The Bertz CT molecular complexity index is 244. The van der Waals surface area contributed by atoms with E-state index in [-0.39, 0.29) is 0 Å². The van der Waals surface area contributed by atoms with Crippen molar-refractivity contribution < 1.29 is 4.74 Å². The van der Waals surface area contributed by atoms with Gasteiger partial charge in [0, 0.05) is 26.9 Å². The van der Waals surface area contributed by atoms with Crippen molar-refractivity contribution in [1.29, 1.82) is 0 Å². The average molecular weight is 169 g/mol. The molecule has 0 unspecified atom stereocenters. The largest absolute Gasteiger partial charge is 0.383 e. The van der Waals surface area contributed by atoms with E-state index in [4.69, 9.17) is 4.74 Å². The molecule has 0 amide bonds. The summed E-state index contributed by atoms with van der Waals surface area (Å²) in [6.45, 7) is 3.53. The van der Waals surface area contributed by atoms with Crippen LogP contribution in [-0.4, -0.2) is 30.3 Å². The maximum Gasteiger partial charge on any atom is 0.202 e. The van der Waals surface area contributed by atoms with E-state index in [1.165, 1.54) is 0 Å². The summed E-state index contributed by atoms with van der Waals surface area (Å²) in [5.74, 6) is 0.893. The third kappa shape index (κ3) is 1.98. The summed E-state index contributed by atoms with van der Waals surface area (Å²) in [5.41, 5.74) is 1.02. The van der Waals surface area contributed by atoms with Gasteiger partial charge in [-0.1, -0.05) is 0 Å². The van der Waals surface area contributed by atoms with Gasteiger partial charge in [0.2, 0.25) is 5.95 Å². The molecule has 68 valence electrons. The first kappa shape index (κ1) is 9.06. The quantitative estimate of drug-likeness (QED) is 0.727. The van der Waals surface area contributed by atoms with Gasteiger partial charge in [-0.05, 0) is 6.92 Å². The molecule has 4 heteroatoms. The number of methoxy groups -OCH3 is 1. The second-order valence-electron chi connectivity index (χ2n) is 2.64. The zero-order chi connectivity index (χ0) is 8.97. The van der Waals surface area contributed by atoms with Crippen molar-refractivity contribution in [1.82, 2.24) is 9.55 Å². The van der Waals surface area contributed by atoms with Gasteiger partial charge in [-0.25, -0.2) is 4.98 Å². The highest BCUT2D eigenvalue weighted by Crippen LogP contribution is 2.06. The predicted molar refractivity (Wildman–Crippen MR) is 48.4 cm³/mol. The Morgan fingerprint density at radius 3 is 3.00 bits per heavy atom. The van der Waals surface area contributed by atoms with Crippen LogP contribution >= 0.6 is 0 Å². The molecule has 0 spiro atoms. The molecule has 1 N–H and O–H groups in total. The van der Waals surface area contributed by atoms with Crippen molar-refractivity contribution in [2.24, 2.45) is 0 Å². The lowest BCUT2D eigenvalue weighted by Gasteiger charge is -2.04. The highest BCUT2D eigenvalue weighted by atomic mass is 16.5. The molecule has 1 aromatic rings. The average Bonchev–Trinajstić information content (AvgIpc) is 2.42. The van der Waals surface area contributed by atoms with Crippen molar-refractivity contribution in [3.8, 4) is 0 Å². The maximum atomic E-state index is 4.98. The molecule has 0 saturated heterocycles. The second-order valence-corrected chi connectivity index (χ2v) is 2.64. The number of ether oxygens (including phenoxy) is 1. The summed E-state index contributed by atoms with van der Waals surface area (Å²) in [6, 6.07) is 0. The molecule has 0 atom stereocenters. The Morgan fingerprint density at radius 1 is 1.67 bits per heavy atom. The minimum atomic E-state index is 0.713. The minimum Gasteiger partial charge on any atom is -0.383 e. The van der Waals surface area contributed by atoms with E-state index >= 15 is 0 Å². The number of aryl methyl sites for hydroxylation is 1. The van der Waals surface area contributed by atoms with Gasteiger partial charge in [0.05, 0.1) is 12.3 Å². The molecule has 0 aliphatic rings. The van der Waals surface area contributed by atoms with E-state index in [1.807, 2.05) is 24.7 Å². The topological polar surface area (TPSA) is 39.1 Å². The molecule has 0 bridgehead atoms. The molecule has 1 heterocycles. The monoisotopic (exact) mass is 169 g/mol. The lowest BCUT2D eigenvalue weighted by molar-refractivity contribution is 0.187. The van der Waals surface area contributed by atoms with E-state index in [2.05, 4.69) is 10.3 Å². The molecular weight excluding hydrogens is 154 g/mol. The van der Waals surface area contributed by atoms with Crippen molar-refractivity contribution in [2.45, 2.75) is 13.5 Å². The summed E-state index contributed by atoms with van der Waals surface area (Å²) in [5, 5.41) is 3.02. The summed E-state index contributed by atoms with van der Waals surface area (Å²) >= 11 is 0. The van der Waals surface area contributed by atoms with E-state index in [0.29, 0.717) is 6.61 Å². The van der Waals surface area contributed by atoms with E-state index in [9.17, 15) is 0 Å². The molecule has 0 aliphatic heterocycles. The van der Waals surface area contributed by atoms with Crippen LogP contribution in [0.1, 0.15) is 5.69 Å². The van der Waals surface area contributed by atoms with Gasteiger partial charge >= 0.3 is 0 Å². The summed E-state index contributed by atoms with van der Waals surface area (Å²) < 4.78 is 7.02. The number of imidazole rings is 1. The standard InChI is InChI=1S/C8H15N3O/c1-7-6-11(4-5-12-3)8(9-2)10-7/h6H,4-5H2,1-3H3,(H,9,10). The first-order chi connectivity index (χ1) is 5.77. The van der Waals surface area contributed by atoms with E-state index in [0.717, 1.165) is 18.2 Å². The summed E-state index contributed by atoms with van der Waals surface area (Å²) in [6.07, 6.45) is 2.00. The molecular formula is C8H15N3O. The van der Waals surface area contributed by atoms with Crippen molar-refractivity contribution >= 4 is 5.95 Å². The van der Waals surface area contributed by atoms with Gasteiger partial charge in [0.25, 0.3) is 0 Å². The van der Waals surface area contributed by atoms with E-state index < -0.39 is 0 Å². The number of hydrogen-bond acceptors (Lipinski definition) is 3. The molecule has 0 fully saturated rings. The second kappa shape index (κ2) is 4.11. The van der Waals surface area contributed by atoms with Crippen LogP contribution in [0, 0.1) is 6.92 Å². The maximum absolute atomic E-state index is 4.98. The number of aromatic nitrogens is 2. The predicted octanol–water partition coefficient (Wildman–Crippen LogP) is 0.880.